The van der Waals surface area contributed by atoms with Crippen molar-refractivity contribution in [3.05, 3.63) is 130 Å². The van der Waals surface area contributed by atoms with Crippen LogP contribution in [0, 0.1) is 6.92 Å². The van der Waals surface area contributed by atoms with Gasteiger partial charge in [-0.05, 0) is 60.9 Å². The molecule has 10 heteroatoms. The Hall–Kier alpha value is -3.85. The minimum atomic E-state index is -4.28. The predicted molar refractivity (Wildman–Crippen MR) is 172 cm³/mol. The Balaban J connectivity index is 1.83. The van der Waals surface area contributed by atoms with Crippen LogP contribution < -0.4 is 9.62 Å². The maximum Gasteiger partial charge on any atom is 0.264 e. The number of hydrogen-bond acceptors (Lipinski definition) is 4. The molecule has 0 aliphatic carbocycles. The predicted octanol–water partition coefficient (Wildman–Crippen LogP) is 6.27. The number of nitrogens with zero attached hydrogens (tertiary/aromatic N) is 2. The van der Waals surface area contributed by atoms with Crippen molar-refractivity contribution in [2.24, 2.45) is 0 Å². The molecule has 0 spiro atoms. The third kappa shape index (κ3) is 7.96. The van der Waals surface area contributed by atoms with Crippen LogP contribution in [0.3, 0.4) is 0 Å². The molecular formula is C33H33Cl2N3O4S. The Kier molecular flexibility index (Phi) is 10.9. The second kappa shape index (κ2) is 14.6. The van der Waals surface area contributed by atoms with Crippen molar-refractivity contribution in [3.8, 4) is 0 Å². The number of carbonyl (C=O) groups is 2. The number of aryl methyl sites for hydroxylation is 1. The zero-order valence-electron chi connectivity index (χ0n) is 23.9. The summed E-state index contributed by atoms with van der Waals surface area (Å²) in [5.41, 5.74) is 2.67. The van der Waals surface area contributed by atoms with Gasteiger partial charge < -0.3 is 10.2 Å². The number of nitrogens with one attached hydrogen (secondary N) is 1. The Bertz CT molecular complexity index is 1670. The topological polar surface area (TPSA) is 86.8 Å². The molecular weight excluding hydrogens is 605 g/mol. The second-order valence-electron chi connectivity index (χ2n) is 9.97. The van der Waals surface area contributed by atoms with E-state index in [4.69, 9.17) is 23.2 Å². The second-order valence-corrected chi connectivity index (χ2v) is 12.7. The number of benzene rings is 4. The highest BCUT2D eigenvalue weighted by molar-refractivity contribution is 7.92. The van der Waals surface area contributed by atoms with Gasteiger partial charge in [-0.25, -0.2) is 8.42 Å². The van der Waals surface area contributed by atoms with E-state index >= 15 is 0 Å². The van der Waals surface area contributed by atoms with E-state index in [-0.39, 0.29) is 39.5 Å². The molecule has 224 valence electrons. The van der Waals surface area contributed by atoms with E-state index in [9.17, 15) is 18.0 Å². The van der Waals surface area contributed by atoms with E-state index in [1.807, 2.05) is 61.5 Å². The zero-order valence-corrected chi connectivity index (χ0v) is 26.2. The fourth-order valence-electron chi connectivity index (χ4n) is 4.73. The average Bonchev–Trinajstić information content (AvgIpc) is 3.00. The summed E-state index contributed by atoms with van der Waals surface area (Å²) < 4.78 is 29.0. The molecule has 0 aromatic heterocycles. The monoisotopic (exact) mass is 637 g/mol. The molecule has 0 aliphatic heterocycles. The van der Waals surface area contributed by atoms with Crippen LogP contribution in [-0.4, -0.2) is 44.3 Å². The van der Waals surface area contributed by atoms with Crippen LogP contribution in [0.4, 0.5) is 5.69 Å². The van der Waals surface area contributed by atoms with Crippen molar-refractivity contribution in [2.75, 3.05) is 17.4 Å². The molecule has 4 aromatic carbocycles. The van der Waals surface area contributed by atoms with Crippen LogP contribution in [-0.2, 0) is 32.6 Å². The molecule has 0 saturated carbocycles. The number of sulfonamides is 1. The van der Waals surface area contributed by atoms with Gasteiger partial charge in [-0.2, -0.15) is 0 Å². The Morgan fingerprint density at radius 1 is 0.860 bits per heavy atom. The van der Waals surface area contributed by atoms with E-state index in [0.717, 1.165) is 21.0 Å². The normalized spacial score (nSPS) is 11.9. The average molecular weight is 639 g/mol. The van der Waals surface area contributed by atoms with Crippen molar-refractivity contribution in [1.82, 2.24) is 10.2 Å². The van der Waals surface area contributed by atoms with Crippen LogP contribution in [0.2, 0.25) is 10.0 Å². The van der Waals surface area contributed by atoms with E-state index in [0.29, 0.717) is 6.54 Å². The summed E-state index contributed by atoms with van der Waals surface area (Å²) in [6.45, 7) is 3.56. The molecule has 0 heterocycles. The lowest BCUT2D eigenvalue weighted by Gasteiger charge is -2.34. The van der Waals surface area contributed by atoms with Crippen molar-refractivity contribution < 1.29 is 18.0 Å². The molecule has 4 rings (SSSR count). The number of hydrogen-bond donors (Lipinski definition) is 1. The largest absolute Gasteiger partial charge is 0.355 e. The van der Waals surface area contributed by atoms with E-state index in [2.05, 4.69) is 5.32 Å². The Morgan fingerprint density at radius 2 is 1.49 bits per heavy atom. The molecule has 0 fully saturated rings. The SMILES string of the molecule is CCNC(=O)[C@@H](Cc1ccccc1)N(Cc1ccccc1C)C(=O)CN(c1cc(Cl)ccc1Cl)S(=O)(=O)c1ccccc1. The third-order valence-corrected chi connectivity index (χ3v) is 9.34. The summed E-state index contributed by atoms with van der Waals surface area (Å²) >= 11 is 12.8. The highest BCUT2D eigenvalue weighted by atomic mass is 35.5. The zero-order chi connectivity index (χ0) is 31.0. The fraction of sp³-hybridized carbons (Fsp3) is 0.212. The van der Waals surface area contributed by atoms with Gasteiger partial charge in [-0.3, -0.25) is 13.9 Å². The summed E-state index contributed by atoms with van der Waals surface area (Å²) in [4.78, 5) is 29.4. The first kappa shape index (κ1) is 32.1. The van der Waals surface area contributed by atoms with E-state index < -0.39 is 28.5 Å². The van der Waals surface area contributed by atoms with Crippen LogP contribution in [0.5, 0.6) is 0 Å². The third-order valence-electron chi connectivity index (χ3n) is 7.01. The lowest BCUT2D eigenvalue weighted by atomic mass is 10.0. The first-order valence-corrected chi connectivity index (χ1v) is 16.0. The maximum atomic E-state index is 14.4. The molecule has 0 unspecified atom stereocenters. The number of likely N-dealkylation sites (N-methyl/N-ethyl adjacent to an activating group) is 1. The van der Waals surface area contributed by atoms with Crippen LogP contribution in [0.15, 0.2) is 108 Å². The summed E-state index contributed by atoms with van der Waals surface area (Å²) in [6.07, 6.45) is 0.230. The lowest BCUT2D eigenvalue weighted by Crippen LogP contribution is -2.53. The quantitative estimate of drug-likeness (QED) is 0.198. The molecule has 0 aliphatic rings. The van der Waals surface area contributed by atoms with Crippen molar-refractivity contribution in [1.29, 1.82) is 0 Å². The van der Waals surface area contributed by atoms with E-state index in [1.54, 1.807) is 25.1 Å². The first-order chi connectivity index (χ1) is 20.6. The molecule has 0 radical (unpaired) electrons. The van der Waals surface area contributed by atoms with Gasteiger partial charge in [0.2, 0.25) is 11.8 Å². The van der Waals surface area contributed by atoms with Crippen molar-refractivity contribution >= 4 is 50.7 Å². The minimum Gasteiger partial charge on any atom is -0.355 e. The molecule has 0 saturated heterocycles. The number of amides is 2. The highest BCUT2D eigenvalue weighted by Crippen LogP contribution is 2.33. The Morgan fingerprint density at radius 3 is 2.14 bits per heavy atom. The first-order valence-electron chi connectivity index (χ1n) is 13.8. The van der Waals surface area contributed by atoms with Crippen LogP contribution in [0.1, 0.15) is 23.6 Å². The van der Waals surface area contributed by atoms with Gasteiger partial charge in [0.15, 0.2) is 0 Å². The molecule has 0 bridgehead atoms. The molecule has 7 nitrogen and oxygen atoms in total. The fourth-order valence-corrected chi connectivity index (χ4v) is 6.61. The van der Waals surface area contributed by atoms with Gasteiger partial charge >= 0.3 is 0 Å². The molecule has 43 heavy (non-hydrogen) atoms. The van der Waals surface area contributed by atoms with Gasteiger partial charge in [-0.15, -0.1) is 0 Å². The minimum absolute atomic E-state index is 0.0196. The van der Waals surface area contributed by atoms with Crippen LogP contribution in [0.25, 0.3) is 0 Å². The summed E-state index contributed by atoms with van der Waals surface area (Å²) in [6, 6.07) is 28.3. The molecule has 4 aromatic rings. The van der Waals surface area contributed by atoms with Crippen molar-refractivity contribution in [2.45, 2.75) is 37.8 Å². The number of rotatable bonds is 12. The number of anilines is 1. The van der Waals surface area contributed by atoms with Crippen molar-refractivity contribution in [3.63, 3.8) is 0 Å². The highest BCUT2D eigenvalue weighted by Gasteiger charge is 2.35. The van der Waals surface area contributed by atoms with Gasteiger partial charge in [0.05, 0.1) is 15.6 Å². The summed E-state index contributed by atoms with van der Waals surface area (Å²) in [5, 5.41) is 3.21. The molecule has 1 N–H and O–H groups in total. The lowest BCUT2D eigenvalue weighted by molar-refractivity contribution is -0.140. The van der Waals surface area contributed by atoms with Gasteiger partial charge in [0.25, 0.3) is 10.0 Å². The standard InChI is InChI=1S/C33H33Cl2N3O4S/c1-3-36-33(40)31(20-25-13-6-4-7-14-25)37(22-26-15-11-10-12-24(26)2)32(39)23-38(30-21-27(34)18-19-29(30)35)43(41,42)28-16-8-5-9-17-28/h4-19,21,31H,3,20,22-23H2,1-2H3,(H,36,40)/t31-/m1/s1. The maximum absolute atomic E-state index is 14.4. The number of halogens is 2. The van der Waals surface area contributed by atoms with Gasteiger partial charge in [-0.1, -0.05) is 96.0 Å². The Labute approximate surface area is 263 Å². The summed E-state index contributed by atoms with van der Waals surface area (Å²) in [5.74, 6) is -0.919. The van der Waals surface area contributed by atoms with Gasteiger partial charge in [0, 0.05) is 24.5 Å². The smallest absolute Gasteiger partial charge is 0.264 e. The van der Waals surface area contributed by atoms with Crippen LogP contribution >= 0.6 is 23.2 Å². The van der Waals surface area contributed by atoms with Gasteiger partial charge in [0.1, 0.15) is 12.6 Å². The summed E-state index contributed by atoms with van der Waals surface area (Å²) in [7, 11) is -4.28. The number of carbonyl (C=O) groups excluding carboxylic acids is 2. The molecule has 1 atom stereocenters. The molecule has 2 amide bonds. The van der Waals surface area contributed by atoms with E-state index in [1.165, 1.54) is 35.2 Å².